The van der Waals surface area contributed by atoms with E-state index in [2.05, 4.69) is 5.32 Å². The molecule has 1 N–H and O–H groups in total. The number of nitrogens with zero attached hydrogens (tertiary/aromatic N) is 2. The maximum Gasteiger partial charge on any atom is 0.338 e. The van der Waals surface area contributed by atoms with Gasteiger partial charge in [-0.1, -0.05) is 12.1 Å². The molecule has 134 valence electrons. The number of non-ortho nitro benzene ring substituents is 2. The van der Waals surface area contributed by atoms with Crippen molar-refractivity contribution in [2.75, 3.05) is 11.9 Å². The van der Waals surface area contributed by atoms with Crippen LogP contribution >= 0.6 is 0 Å². The number of nitro groups is 2. The Morgan fingerprint density at radius 3 is 2.35 bits per heavy atom. The maximum absolute atomic E-state index is 11.9. The highest BCUT2D eigenvalue weighted by atomic mass is 16.6. The molecule has 0 unspecified atom stereocenters. The lowest BCUT2D eigenvalue weighted by molar-refractivity contribution is -0.385. The predicted octanol–water partition coefficient (Wildman–Crippen LogP) is 2.61. The Morgan fingerprint density at radius 2 is 1.69 bits per heavy atom. The van der Waals surface area contributed by atoms with E-state index in [1.807, 2.05) is 0 Å². The molecule has 0 aromatic heterocycles. The van der Waals surface area contributed by atoms with E-state index in [9.17, 15) is 29.8 Å². The number of hydrogen-bond donors (Lipinski definition) is 1. The molecular weight excluding hydrogens is 346 g/mol. The normalized spacial score (nSPS) is 10.0. The largest absolute Gasteiger partial charge is 0.452 e. The third kappa shape index (κ3) is 4.60. The highest BCUT2D eigenvalue weighted by Gasteiger charge is 2.15. The van der Waals surface area contributed by atoms with E-state index in [0.717, 1.165) is 6.07 Å². The highest BCUT2D eigenvalue weighted by molar-refractivity contribution is 5.96. The third-order valence-corrected chi connectivity index (χ3v) is 3.33. The second-order valence-electron chi connectivity index (χ2n) is 5.19. The molecule has 2 rings (SSSR count). The van der Waals surface area contributed by atoms with Crippen LogP contribution in [-0.4, -0.2) is 28.3 Å². The summed E-state index contributed by atoms with van der Waals surface area (Å²) in [4.78, 5) is 44.0. The van der Waals surface area contributed by atoms with Gasteiger partial charge in [0.2, 0.25) is 0 Å². The number of hydrogen-bond acceptors (Lipinski definition) is 7. The van der Waals surface area contributed by atoms with Crippen LogP contribution in [0.2, 0.25) is 0 Å². The molecule has 0 aliphatic carbocycles. The molecule has 10 heteroatoms. The summed E-state index contributed by atoms with van der Waals surface area (Å²) in [5.41, 5.74) is 0.263. The predicted molar refractivity (Wildman–Crippen MR) is 89.8 cm³/mol. The average Bonchev–Trinajstić information content (AvgIpc) is 2.61. The quantitative estimate of drug-likeness (QED) is 0.474. The monoisotopic (exact) mass is 359 g/mol. The van der Waals surface area contributed by atoms with Crippen LogP contribution in [0, 0.1) is 27.2 Å². The Morgan fingerprint density at radius 1 is 1.04 bits per heavy atom. The first-order valence-corrected chi connectivity index (χ1v) is 7.24. The van der Waals surface area contributed by atoms with Gasteiger partial charge in [0.15, 0.2) is 6.61 Å². The Kier molecular flexibility index (Phi) is 5.58. The van der Waals surface area contributed by atoms with Crippen LogP contribution in [0.1, 0.15) is 15.9 Å². The molecule has 0 fully saturated rings. The van der Waals surface area contributed by atoms with Crippen molar-refractivity contribution in [3.8, 4) is 0 Å². The SMILES string of the molecule is Cc1ccc([N+](=O)[O-])cc1NC(=O)COC(=O)c1cccc([N+](=O)[O-])c1. The number of ether oxygens (including phenoxy) is 1. The zero-order valence-corrected chi connectivity index (χ0v) is 13.5. The zero-order chi connectivity index (χ0) is 19.3. The summed E-state index contributed by atoms with van der Waals surface area (Å²) in [6.07, 6.45) is 0. The molecular formula is C16H13N3O7. The summed E-state index contributed by atoms with van der Waals surface area (Å²) < 4.78 is 4.81. The smallest absolute Gasteiger partial charge is 0.338 e. The van der Waals surface area contributed by atoms with Crippen LogP contribution in [-0.2, 0) is 9.53 Å². The molecule has 2 aromatic rings. The minimum atomic E-state index is -0.903. The van der Waals surface area contributed by atoms with Gasteiger partial charge in [0.05, 0.1) is 21.1 Å². The third-order valence-electron chi connectivity index (χ3n) is 3.33. The number of benzene rings is 2. The van der Waals surface area contributed by atoms with Crippen molar-refractivity contribution >= 4 is 28.9 Å². The van der Waals surface area contributed by atoms with E-state index < -0.39 is 28.3 Å². The number of rotatable bonds is 6. The van der Waals surface area contributed by atoms with Crippen LogP contribution in [0.15, 0.2) is 42.5 Å². The van der Waals surface area contributed by atoms with E-state index in [1.165, 1.54) is 36.4 Å². The minimum absolute atomic E-state index is 0.0708. The summed E-state index contributed by atoms with van der Waals surface area (Å²) in [7, 11) is 0. The maximum atomic E-state index is 11.9. The second-order valence-corrected chi connectivity index (χ2v) is 5.19. The van der Waals surface area contributed by atoms with Crippen molar-refractivity contribution in [2.24, 2.45) is 0 Å². The summed E-state index contributed by atoms with van der Waals surface area (Å²) >= 11 is 0. The van der Waals surface area contributed by atoms with Gasteiger partial charge in [-0.25, -0.2) is 4.79 Å². The molecule has 10 nitrogen and oxygen atoms in total. The lowest BCUT2D eigenvalue weighted by Crippen LogP contribution is -2.21. The molecule has 1 amide bonds. The summed E-state index contributed by atoms with van der Waals surface area (Å²) in [6, 6.07) is 8.85. The summed E-state index contributed by atoms with van der Waals surface area (Å²) in [6.45, 7) is 0.998. The van der Waals surface area contributed by atoms with E-state index in [1.54, 1.807) is 6.92 Å². The Balaban J connectivity index is 2.00. The van der Waals surface area contributed by atoms with Crippen LogP contribution in [0.5, 0.6) is 0 Å². The van der Waals surface area contributed by atoms with Gasteiger partial charge >= 0.3 is 5.97 Å². The van der Waals surface area contributed by atoms with Gasteiger partial charge in [-0.3, -0.25) is 25.0 Å². The first-order valence-electron chi connectivity index (χ1n) is 7.24. The fourth-order valence-corrected chi connectivity index (χ4v) is 2.01. The van der Waals surface area contributed by atoms with E-state index >= 15 is 0 Å². The van der Waals surface area contributed by atoms with Crippen molar-refractivity contribution in [3.63, 3.8) is 0 Å². The number of amides is 1. The van der Waals surface area contributed by atoms with Gasteiger partial charge < -0.3 is 10.1 Å². The number of nitrogens with one attached hydrogen (secondary N) is 1. The summed E-state index contributed by atoms with van der Waals surface area (Å²) in [5, 5.41) is 23.9. The fraction of sp³-hybridized carbons (Fsp3) is 0.125. The van der Waals surface area contributed by atoms with Gasteiger partial charge in [0.25, 0.3) is 17.3 Å². The number of aryl methyl sites for hydroxylation is 1. The standard InChI is InChI=1S/C16H13N3O7/c1-10-5-6-13(19(24)25)8-14(10)17-15(20)9-26-16(21)11-3-2-4-12(7-11)18(22)23/h2-8H,9H2,1H3,(H,17,20). The van der Waals surface area contributed by atoms with Crippen LogP contribution in [0.3, 0.4) is 0 Å². The molecule has 0 saturated carbocycles. The Labute approximate surface area is 146 Å². The molecule has 0 atom stereocenters. The van der Waals surface area contributed by atoms with Crippen LogP contribution in [0.4, 0.5) is 17.1 Å². The minimum Gasteiger partial charge on any atom is -0.452 e. The van der Waals surface area contributed by atoms with Gasteiger partial charge in [0, 0.05) is 24.3 Å². The average molecular weight is 359 g/mol. The van der Waals surface area contributed by atoms with E-state index in [0.29, 0.717) is 5.56 Å². The fourth-order valence-electron chi connectivity index (χ4n) is 2.01. The Bertz CT molecular complexity index is 895. The molecule has 0 aliphatic heterocycles. The second kappa shape index (κ2) is 7.83. The topological polar surface area (TPSA) is 142 Å². The van der Waals surface area contributed by atoms with E-state index in [4.69, 9.17) is 4.74 Å². The molecule has 0 aliphatic rings. The first-order chi connectivity index (χ1) is 12.3. The molecule has 0 heterocycles. The van der Waals surface area contributed by atoms with Gasteiger partial charge in [0.1, 0.15) is 0 Å². The van der Waals surface area contributed by atoms with Gasteiger partial charge in [-0.2, -0.15) is 0 Å². The van der Waals surface area contributed by atoms with Crippen LogP contribution < -0.4 is 5.32 Å². The Hall–Kier alpha value is -3.82. The highest BCUT2D eigenvalue weighted by Crippen LogP contribution is 2.21. The van der Waals surface area contributed by atoms with E-state index in [-0.39, 0.29) is 22.6 Å². The van der Waals surface area contributed by atoms with Gasteiger partial charge in [-0.05, 0) is 18.6 Å². The lowest BCUT2D eigenvalue weighted by atomic mass is 10.2. The molecule has 0 bridgehead atoms. The molecule has 0 spiro atoms. The van der Waals surface area contributed by atoms with Crippen molar-refractivity contribution in [3.05, 3.63) is 73.8 Å². The van der Waals surface area contributed by atoms with Crippen molar-refractivity contribution < 1.29 is 24.2 Å². The number of carbonyl (C=O) groups is 2. The number of carbonyl (C=O) groups excluding carboxylic acids is 2. The van der Waals surface area contributed by atoms with Crippen LogP contribution in [0.25, 0.3) is 0 Å². The van der Waals surface area contributed by atoms with Gasteiger partial charge in [-0.15, -0.1) is 0 Å². The number of anilines is 1. The molecule has 0 saturated heterocycles. The molecule has 0 radical (unpaired) electrons. The number of esters is 1. The lowest BCUT2D eigenvalue weighted by Gasteiger charge is -2.09. The first kappa shape index (κ1) is 18.5. The van der Waals surface area contributed by atoms with Crippen molar-refractivity contribution in [1.29, 1.82) is 0 Å². The zero-order valence-electron chi connectivity index (χ0n) is 13.5. The van der Waals surface area contributed by atoms with Crippen molar-refractivity contribution in [1.82, 2.24) is 0 Å². The summed E-state index contributed by atoms with van der Waals surface area (Å²) in [5.74, 6) is -1.60. The van der Waals surface area contributed by atoms with Crippen molar-refractivity contribution in [2.45, 2.75) is 6.92 Å². The molecule has 2 aromatic carbocycles. The number of nitro benzene ring substituents is 2. The molecule has 26 heavy (non-hydrogen) atoms.